The molecule has 17 heavy (non-hydrogen) atoms. The lowest BCUT2D eigenvalue weighted by atomic mass is 10.0. The molecule has 2 N–H and O–H groups in total. The van der Waals surface area contributed by atoms with Crippen LogP contribution in [0.4, 0.5) is 0 Å². The predicted molar refractivity (Wildman–Crippen MR) is 74.3 cm³/mol. The molecule has 0 spiro atoms. The summed E-state index contributed by atoms with van der Waals surface area (Å²) in [5.74, 6) is 0.510. The van der Waals surface area contributed by atoms with Gasteiger partial charge in [-0.3, -0.25) is 0 Å². The first kappa shape index (κ1) is 12.2. The summed E-state index contributed by atoms with van der Waals surface area (Å²) in [6.07, 6.45) is 1.07. The molecule has 0 bridgehead atoms. The van der Waals surface area contributed by atoms with E-state index in [1.165, 1.54) is 27.7 Å². The van der Waals surface area contributed by atoms with E-state index in [1.54, 1.807) is 0 Å². The Morgan fingerprint density at radius 3 is 2.53 bits per heavy atom. The molecule has 2 aromatic rings. The Hall–Kier alpha value is -1.28. The Kier molecular flexibility index (Phi) is 3.25. The van der Waals surface area contributed by atoms with E-state index in [0.717, 1.165) is 6.42 Å². The van der Waals surface area contributed by atoms with Gasteiger partial charge in [-0.05, 0) is 23.5 Å². The Labute approximate surface area is 103 Å². The fraction of sp³-hybridized carbons (Fsp3) is 0.467. The van der Waals surface area contributed by atoms with Crippen molar-refractivity contribution in [3.8, 4) is 0 Å². The number of hydrogen-bond donors (Lipinski definition) is 1. The normalized spacial score (nSPS) is 11.6. The summed E-state index contributed by atoms with van der Waals surface area (Å²) in [4.78, 5) is 0. The third kappa shape index (κ3) is 1.77. The average Bonchev–Trinajstić information content (AvgIpc) is 2.62. The zero-order chi connectivity index (χ0) is 12.6. The number of aryl methyl sites for hydroxylation is 2. The highest BCUT2D eigenvalue weighted by molar-refractivity contribution is 5.88. The molecule has 0 radical (unpaired) electrons. The van der Waals surface area contributed by atoms with Crippen LogP contribution in [0.2, 0.25) is 0 Å². The van der Waals surface area contributed by atoms with E-state index >= 15 is 0 Å². The van der Waals surface area contributed by atoms with Crippen LogP contribution in [0.3, 0.4) is 0 Å². The molecule has 0 fully saturated rings. The summed E-state index contributed by atoms with van der Waals surface area (Å²) < 4.78 is 2.33. The molecule has 0 aliphatic rings. The Bertz CT molecular complexity index is 535. The molecule has 2 nitrogen and oxygen atoms in total. The molecule has 1 heterocycles. The lowest BCUT2D eigenvalue weighted by Crippen LogP contribution is -2.05. The topological polar surface area (TPSA) is 30.9 Å². The van der Waals surface area contributed by atoms with Crippen LogP contribution in [0.1, 0.15) is 43.5 Å². The first-order chi connectivity index (χ1) is 8.11. The van der Waals surface area contributed by atoms with Crippen LogP contribution in [-0.2, 0) is 20.0 Å². The molecule has 0 unspecified atom stereocenters. The van der Waals surface area contributed by atoms with Gasteiger partial charge in [-0.25, -0.2) is 0 Å². The predicted octanol–water partition coefficient (Wildman–Crippen LogP) is 3.32. The minimum absolute atomic E-state index is 0.510. The molecular weight excluding hydrogens is 208 g/mol. The number of nitrogens with two attached hydrogens (primary N) is 1. The fourth-order valence-electron chi connectivity index (χ4n) is 2.93. The van der Waals surface area contributed by atoms with Crippen molar-refractivity contribution < 1.29 is 0 Å². The minimum atomic E-state index is 0.510. The maximum atomic E-state index is 5.95. The van der Waals surface area contributed by atoms with Crippen LogP contribution in [-0.4, -0.2) is 4.57 Å². The van der Waals surface area contributed by atoms with E-state index in [0.29, 0.717) is 12.5 Å². The van der Waals surface area contributed by atoms with Crippen LogP contribution < -0.4 is 5.73 Å². The second kappa shape index (κ2) is 4.53. The first-order valence-electron chi connectivity index (χ1n) is 6.40. The van der Waals surface area contributed by atoms with Crippen molar-refractivity contribution in [1.82, 2.24) is 4.57 Å². The third-order valence-corrected chi connectivity index (χ3v) is 3.58. The molecule has 0 atom stereocenters. The number of nitrogens with zero attached hydrogens (tertiary/aromatic N) is 1. The van der Waals surface area contributed by atoms with Crippen LogP contribution in [0, 0.1) is 0 Å². The van der Waals surface area contributed by atoms with E-state index < -0.39 is 0 Å². The highest BCUT2D eigenvalue weighted by Gasteiger charge is 2.17. The lowest BCUT2D eigenvalue weighted by Gasteiger charge is -2.10. The summed E-state index contributed by atoms with van der Waals surface area (Å²) >= 11 is 0. The quantitative estimate of drug-likeness (QED) is 0.861. The van der Waals surface area contributed by atoms with Crippen molar-refractivity contribution in [2.24, 2.45) is 12.8 Å². The van der Waals surface area contributed by atoms with Crippen molar-refractivity contribution in [1.29, 1.82) is 0 Å². The van der Waals surface area contributed by atoms with Crippen LogP contribution >= 0.6 is 0 Å². The molecule has 2 heteroatoms. The van der Waals surface area contributed by atoms with Crippen LogP contribution in [0.5, 0.6) is 0 Å². The molecule has 2 rings (SSSR count). The van der Waals surface area contributed by atoms with E-state index in [2.05, 4.69) is 50.6 Å². The Morgan fingerprint density at radius 1 is 1.29 bits per heavy atom. The third-order valence-electron chi connectivity index (χ3n) is 3.58. The standard InChI is InChI=1S/C15H22N2/c1-5-11-7-6-8-12-13(9-16)14(10(2)3)17(4)15(11)12/h6-8,10H,5,9,16H2,1-4H3. The van der Waals surface area contributed by atoms with Gasteiger partial charge in [0.1, 0.15) is 0 Å². The van der Waals surface area contributed by atoms with Gasteiger partial charge in [-0.2, -0.15) is 0 Å². The van der Waals surface area contributed by atoms with Gasteiger partial charge in [-0.15, -0.1) is 0 Å². The van der Waals surface area contributed by atoms with Crippen molar-refractivity contribution in [3.05, 3.63) is 35.0 Å². The van der Waals surface area contributed by atoms with Crippen molar-refractivity contribution in [3.63, 3.8) is 0 Å². The summed E-state index contributed by atoms with van der Waals surface area (Å²) in [5, 5.41) is 1.33. The molecule has 0 saturated heterocycles. The maximum Gasteiger partial charge on any atom is 0.0515 e. The average molecular weight is 230 g/mol. The second-order valence-electron chi connectivity index (χ2n) is 4.95. The summed E-state index contributed by atoms with van der Waals surface area (Å²) in [5.41, 5.74) is 11.4. The summed E-state index contributed by atoms with van der Waals surface area (Å²) in [6.45, 7) is 7.30. The number of para-hydroxylation sites is 1. The Morgan fingerprint density at radius 2 is 2.00 bits per heavy atom. The molecule has 92 valence electrons. The smallest absolute Gasteiger partial charge is 0.0515 e. The molecule has 0 aliphatic carbocycles. The number of hydrogen-bond acceptors (Lipinski definition) is 1. The van der Waals surface area contributed by atoms with Crippen LogP contribution in [0.25, 0.3) is 10.9 Å². The maximum absolute atomic E-state index is 5.95. The molecule has 1 aromatic heterocycles. The van der Waals surface area contributed by atoms with Gasteiger partial charge in [0.05, 0.1) is 5.52 Å². The number of fused-ring (bicyclic) bond motifs is 1. The van der Waals surface area contributed by atoms with Gasteiger partial charge in [0, 0.05) is 24.7 Å². The molecule has 0 aliphatic heterocycles. The summed E-state index contributed by atoms with van der Waals surface area (Å²) in [7, 11) is 2.16. The first-order valence-corrected chi connectivity index (χ1v) is 6.40. The molecular formula is C15H22N2. The van der Waals surface area contributed by atoms with Gasteiger partial charge in [-0.1, -0.05) is 39.0 Å². The van der Waals surface area contributed by atoms with Gasteiger partial charge >= 0.3 is 0 Å². The fourth-order valence-corrected chi connectivity index (χ4v) is 2.93. The van der Waals surface area contributed by atoms with Gasteiger partial charge < -0.3 is 10.3 Å². The Balaban J connectivity index is 2.88. The molecule has 0 amide bonds. The molecule has 1 aromatic carbocycles. The second-order valence-corrected chi connectivity index (χ2v) is 4.95. The SMILES string of the molecule is CCc1cccc2c(CN)c(C(C)C)n(C)c12. The van der Waals surface area contributed by atoms with Gasteiger partial charge in [0.2, 0.25) is 0 Å². The summed E-state index contributed by atoms with van der Waals surface area (Å²) in [6, 6.07) is 6.56. The van der Waals surface area contributed by atoms with Gasteiger partial charge in [0.25, 0.3) is 0 Å². The zero-order valence-corrected chi connectivity index (χ0v) is 11.2. The zero-order valence-electron chi connectivity index (χ0n) is 11.2. The minimum Gasteiger partial charge on any atom is -0.347 e. The lowest BCUT2D eigenvalue weighted by molar-refractivity contribution is 0.738. The number of aromatic nitrogens is 1. The highest BCUT2D eigenvalue weighted by atomic mass is 15.0. The van der Waals surface area contributed by atoms with E-state index in [4.69, 9.17) is 5.73 Å². The number of benzene rings is 1. The highest BCUT2D eigenvalue weighted by Crippen LogP contribution is 2.32. The van der Waals surface area contributed by atoms with Gasteiger partial charge in [0.15, 0.2) is 0 Å². The van der Waals surface area contributed by atoms with Crippen molar-refractivity contribution in [2.75, 3.05) is 0 Å². The van der Waals surface area contributed by atoms with E-state index in [1.807, 2.05) is 0 Å². The monoisotopic (exact) mass is 230 g/mol. The van der Waals surface area contributed by atoms with E-state index in [-0.39, 0.29) is 0 Å². The van der Waals surface area contributed by atoms with Crippen molar-refractivity contribution in [2.45, 2.75) is 39.7 Å². The number of rotatable bonds is 3. The largest absolute Gasteiger partial charge is 0.347 e. The van der Waals surface area contributed by atoms with E-state index in [9.17, 15) is 0 Å². The molecule has 0 saturated carbocycles. The van der Waals surface area contributed by atoms with Crippen molar-refractivity contribution >= 4 is 10.9 Å². The van der Waals surface area contributed by atoms with Crippen LogP contribution in [0.15, 0.2) is 18.2 Å².